The first kappa shape index (κ1) is 34.0. The van der Waals surface area contributed by atoms with Gasteiger partial charge in [-0.25, -0.2) is 12.8 Å². The van der Waals surface area contributed by atoms with E-state index >= 15 is 0 Å². The molecular weight excluding hydrogens is 628 g/mol. The van der Waals surface area contributed by atoms with Crippen LogP contribution in [0.15, 0.2) is 41.3 Å². The average Bonchev–Trinajstić information content (AvgIpc) is 3.34. The maximum Gasteiger partial charge on any atom is 0.501 e. The second kappa shape index (κ2) is 12.8. The molecule has 2 amide bonds. The predicted octanol–water partition coefficient (Wildman–Crippen LogP) is 4.05. The SMILES string of the molecule is COc1cc(F)c(OC2CCC(C)(C(=O)O)CC2)cc1C(=O)N[C@@H]1C[C@@H](O)C[C@@H]1C(=O)Nc1cccc(S(=O)(=O)C(F)(F)F)c1. The lowest BCUT2D eigenvalue weighted by molar-refractivity contribution is -0.150. The van der Waals surface area contributed by atoms with E-state index in [0.29, 0.717) is 31.7 Å². The van der Waals surface area contributed by atoms with Crippen molar-refractivity contribution in [3.63, 3.8) is 0 Å². The Morgan fingerprint density at radius 1 is 1.04 bits per heavy atom. The van der Waals surface area contributed by atoms with E-state index in [0.717, 1.165) is 24.3 Å². The number of alkyl halides is 3. The Morgan fingerprint density at radius 2 is 1.71 bits per heavy atom. The molecule has 0 aliphatic heterocycles. The molecule has 2 aromatic carbocycles. The van der Waals surface area contributed by atoms with Crippen molar-refractivity contribution in [2.75, 3.05) is 12.4 Å². The fourth-order valence-electron chi connectivity index (χ4n) is 5.53. The van der Waals surface area contributed by atoms with Crippen LogP contribution < -0.4 is 20.1 Å². The predicted molar refractivity (Wildman–Crippen MR) is 150 cm³/mol. The molecule has 2 aromatic rings. The largest absolute Gasteiger partial charge is 0.501 e. The highest BCUT2D eigenvalue weighted by Crippen LogP contribution is 2.39. The summed E-state index contributed by atoms with van der Waals surface area (Å²) in [6.45, 7) is 1.63. The van der Waals surface area contributed by atoms with Gasteiger partial charge in [0.1, 0.15) is 5.75 Å². The van der Waals surface area contributed by atoms with Crippen molar-refractivity contribution < 1.29 is 60.0 Å². The maximum absolute atomic E-state index is 14.9. The summed E-state index contributed by atoms with van der Waals surface area (Å²) < 4.78 is 88.4. The van der Waals surface area contributed by atoms with Gasteiger partial charge in [0.15, 0.2) is 11.6 Å². The maximum atomic E-state index is 14.9. The molecule has 16 heteroatoms. The number of nitrogens with one attached hydrogen (secondary N) is 2. The van der Waals surface area contributed by atoms with Crippen molar-refractivity contribution >= 4 is 33.3 Å². The lowest BCUT2D eigenvalue weighted by Crippen LogP contribution is -2.42. The van der Waals surface area contributed by atoms with Crippen LogP contribution in [0.4, 0.5) is 23.2 Å². The molecule has 2 fully saturated rings. The van der Waals surface area contributed by atoms with Crippen molar-refractivity contribution in [2.24, 2.45) is 11.3 Å². The fourth-order valence-corrected chi connectivity index (χ4v) is 6.33. The second-order valence-electron chi connectivity index (χ2n) is 11.4. The Balaban J connectivity index is 1.49. The van der Waals surface area contributed by atoms with Gasteiger partial charge in [-0.05, 0) is 69.7 Å². The number of carboxylic acids is 1. The molecule has 2 saturated carbocycles. The highest BCUT2D eigenvalue weighted by atomic mass is 32.2. The molecule has 0 saturated heterocycles. The number of amides is 2. The summed E-state index contributed by atoms with van der Waals surface area (Å²) in [7, 11) is -4.46. The smallest absolute Gasteiger partial charge is 0.496 e. The van der Waals surface area contributed by atoms with Gasteiger partial charge in [-0.1, -0.05) is 6.07 Å². The molecular formula is C29H32F4N2O9S. The van der Waals surface area contributed by atoms with E-state index in [1.165, 1.54) is 13.2 Å². The van der Waals surface area contributed by atoms with Crippen molar-refractivity contribution in [3.8, 4) is 11.5 Å². The Labute approximate surface area is 255 Å². The molecule has 0 radical (unpaired) electrons. The minimum Gasteiger partial charge on any atom is -0.496 e. The summed E-state index contributed by atoms with van der Waals surface area (Å²) in [5.41, 5.74) is -6.86. The van der Waals surface area contributed by atoms with Crippen LogP contribution in [0.25, 0.3) is 0 Å². The molecule has 0 heterocycles. The molecule has 4 N–H and O–H groups in total. The van der Waals surface area contributed by atoms with Crippen molar-refractivity contribution in [1.29, 1.82) is 0 Å². The minimum absolute atomic E-state index is 0.0659. The van der Waals surface area contributed by atoms with E-state index in [4.69, 9.17) is 9.47 Å². The lowest BCUT2D eigenvalue weighted by atomic mass is 9.75. The van der Waals surface area contributed by atoms with E-state index < -0.39 is 73.4 Å². The average molecular weight is 661 g/mol. The molecule has 2 aliphatic rings. The number of hydrogen-bond acceptors (Lipinski definition) is 8. The zero-order valence-electron chi connectivity index (χ0n) is 24.2. The van der Waals surface area contributed by atoms with Gasteiger partial charge < -0.3 is 30.3 Å². The number of rotatable bonds is 9. The first-order valence-corrected chi connectivity index (χ1v) is 15.4. The van der Waals surface area contributed by atoms with Gasteiger partial charge in [0, 0.05) is 17.8 Å². The molecule has 4 rings (SSSR count). The summed E-state index contributed by atoms with van der Waals surface area (Å²) in [6.07, 6.45) is -0.400. The van der Waals surface area contributed by atoms with Gasteiger partial charge in [0.2, 0.25) is 5.91 Å². The van der Waals surface area contributed by atoms with Crippen LogP contribution in [0.1, 0.15) is 55.8 Å². The molecule has 0 spiro atoms. The normalized spacial score (nSPS) is 25.3. The van der Waals surface area contributed by atoms with Crippen molar-refractivity contribution in [2.45, 2.75) is 74.1 Å². The summed E-state index contributed by atoms with van der Waals surface area (Å²) in [5, 5.41) is 24.7. The van der Waals surface area contributed by atoms with Crippen LogP contribution in [0, 0.1) is 17.2 Å². The van der Waals surface area contributed by atoms with E-state index in [-0.39, 0.29) is 35.6 Å². The van der Waals surface area contributed by atoms with E-state index in [1.807, 2.05) is 0 Å². The number of benzene rings is 2. The summed E-state index contributed by atoms with van der Waals surface area (Å²) in [4.78, 5) is 36.9. The van der Waals surface area contributed by atoms with Crippen LogP contribution in [0.2, 0.25) is 0 Å². The number of sulfone groups is 1. The topological polar surface area (TPSA) is 168 Å². The van der Waals surface area contributed by atoms with E-state index in [9.17, 15) is 50.6 Å². The molecule has 11 nitrogen and oxygen atoms in total. The molecule has 0 aromatic heterocycles. The van der Waals surface area contributed by atoms with E-state index in [2.05, 4.69) is 10.6 Å². The van der Waals surface area contributed by atoms with Gasteiger partial charge >= 0.3 is 11.5 Å². The number of hydrogen-bond donors (Lipinski definition) is 4. The number of ether oxygens (including phenoxy) is 2. The molecule has 3 atom stereocenters. The van der Waals surface area contributed by atoms with E-state index in [1.54, 1.807) is 6.92 Å². The van der Waals surface area contributed by atoms with Crippen molar-refractivity contribution in [3.05, 3.63) is 47.8 Å². The summed E-state index contributed by atoms with van der Waals surface area (Å²) >= 11 is 0. The number of methoxy groups -OCH3 is 1. The standard InChI is InChI=1S/C29H32F4N2O9S/c1-28(27(39)40)8-6-17(7-9-28)44-24-13-20(23(43-2)14-21(24)30)26(38)35-22-12-16(36)11-19(22)25(37)34-15-4-3-5-18(10-15)45(41,42)29(31,32)33/h3-5,10,13-14,16-17,19,22,36H,6-9,11-12H2,1-2H3,(H,34,37)(H,35,38)(H,39,40)/t16-,17?,19-,22+,28?/m0/s1. The third kappa shape index (κ3) is 7.32. The quantitative estimate of drug-likeness (QED) is 0.290. The first-order valence-electron chi connectivity index (χ1n) is 13.9. The van der Waals surface area contributed by atoms with Crippen LogP contribution >= 0.6 is 0 Å². The number of carbonyl (C=O) groups is 3. The van der Waals surface area contributed by atoms with Crippen LogP contribution in [0.3, 0.4) is 0 Å². The third-order valence-corrected chi connectivity index (χ3v) is 9.74. The molecule has 0 unspecified atom stereocenters. The van der Waals surface area contributed by atoms with Crippen LogP contribution in [-0.4, -0.2) is 67.3 Å². The second-order valence-corrected chi connectivity index (χ2v) is 13.4. The van der Waals surface area contributed by atoms with Gasteiger partial charge in [-0.15, -0.1) is 0 Å². The van der Waals surface area contributed by atoms with Crippen molar-refractivity contribution in [1.82, 2.24) is 5.32 Å². The van der Waals surface area contributed by atoms with Gasteiger partial charge in [-0.3, -0.25) is 14.4 Å². The van der Waals surface area contributed by atoms with Crippen LogP contribution in [0.5, 0.6) is 11.5 Å². The number of aliphatic hydroxyl groups is 1. The zero-order chi connectivity index (χ0) is 33.3. The van der Waals surface area contributed by atoms with Gasteiger partial charge in [0.25, 0.3) is 15.7 Å². The lowest BCUT2D eigenvalue weighted by Gasteiger charge is -2.34. The molecule has 0 bridgehead atoms. The highest BCUT2D eigenvalue weighted by molar-refractivity contribution is 7.92. The number of halogens is 4. The number of anilines is 1. The molecule has 2 aliphatic carbocycles. The minimum atomic E-state index is -5.67. The number of aliphatic hydroxyl groups excluding tert-OH is 1. The Kier molecular flexibility index (Phi) is 9.68. The number of carbonyl (C=O) groups excluding carboxylic acids is 2. The molecule has 246 valence electrons. The van der Waals surface area contributed by atoms with Gasteiger partial charge in [0.05, 0.1) is 41.1 Å². The Morgan fingerprint density at radius 3 is 2.31 bits per heavy atom. The van der Waals surface area contributed by atoms with Gasteiger partial charge in [-0.2, -0.15) is 13.2 Å². The monoisotopic (exact) mass is 660 g/mol. The first-order chi connectivity index (χ1) is 20.9. The zero-order valence-corrected chi connectivity index (χ0v) is 25.0. The number of carboxylic acid groups (broad SMARTS) is 1. The van der Waals surface area contributed by atoms with Crippen LogP contribution in [-0.2, 0) is 19.4 Å². The molecule has 45 heavy (non-hydrogen) atoms. The fraction of sp³-hybridized carbons (Fsp3) is 0.483. The summed E-state index contributed by atoms with van der Waals surface area (Å²) in [5.74, 6) is -4.82. The Hall–Kier alpha value is -3.92. The number of aliphatic carboxylic acids is 1. The Bertz CT molecular complexity index is 1570. The third-order valence-electron chi connectivity index (χ3n) is 8.25. The highest BCUT2D eigenvalue weighted by Gasteiger charge is 2.47. The summed E-state index contributed by atoms with van der Waals surface area (Å²) in [6, 6.07) is 4.70.